The van der Waals surface area contributed by atoms with Crippen LogP contribution in [-0.4, -0.2) is 0 Å². The molecule has 4 aromatic rings. The fourth-order valence-electron chi connectivity index (χ4n) is 5.56. The molecule has 0 N–H and O–H groups in total. The maximum Gasteiger partial charge on any atom is 0.138 e. The first-order valence-corrected chi connectivity index (χ1v) is 10.9. The molecule has 0 spiro atoms. The molecule has 0 fully saturated rings. The molecule has 0 aliphatic heterocycles. The van der Waals surface area contributed by atoms with Gasteiger partial charge in [-0.15, -0.1) is 11.3 Å². The van der Waals surface area contributed by atoms with E-state index in [1.165, 1.54) is 53.9 Å². The summed E-state index contributed by atoms with van der Waals surface area (Å²) in [5.74, 6) is 2.05. The van der Waals surface area contributed by atoms with Crippen LogP contribution in [0.5, 0.6) is 0 Å². The average Bonchev–Trinajstić information content (AvgIpc) is 3.22. The number of thiophene rings is 1. The molecule has 2 aliphatic carbocycles. The maximum atomic E-state index is 6.25. The molecule has 2 heteroatoms. The summed E-state index contributed by atoms with van der Waals surface area (Å²) in [6.07, 6.45) is 0. The lowest BCUT2D eigenvalue weighted by Gasteiger charge is -2.38. The number of aryl methyl sites for hydroxylation is 2. The van der Waals surface area contributed by atoms with Gasteiger partial charge in [-0.3, -0.25) is 0 Å². The van der Waals surface area contributed by atoms with Crippen LogP contribution in [0.2, 0.25) is 0 Å². The quantitative estimate of drug-likeness (QED) is 0.302. The van der Waals surface area contributed by atoms with Crippen LogP contribution < -0.4 is 0 Å². The Hall–Kier alpha value is -2.32. The number of fused-ring (bicyclic) bond motifs is 4. The molecule has 2 aromatic carbocycles. The van der Waals surface area contributed by atoms with Crippen molar-refractivity contribution in [3.8, 4) is 21.8 Å². The number of hydrogen-bond acceptors (Lipinski definition) is 2. The van der Waals surface area contributed by atoms with Gasteiger partial charge in [0.1, 0.15) is 11.5 Å². The molecule has 0 radical (unpaired) electrons. The highest BCUT2D eigenvalue weighted by Crippen LogP contribution is 2.57. The van der Waals surface area contributed by atoms with Crippen LogP contribution in [0.1, 0.15) is 60.6 Å². The molecule has 0 saturated heterocycles. The number of hydrogen-bond donors (Lipinski definition) is 0. The minimum absolute atomic E-state index is 0.00769. The summed E-state index contributed by atoms with van der Waals surface area (Å²) in [7, 11) is 0. The number of furan rings is 1. The van der Waals surface area contributed by atoms with Crippen LogP contribution >= 0.6 is 11.3 Å². The highest BCUT2D eigenvalue weighted by molar-refractivity contribution is 7.15. The summed E-state index contributed by atoms with van der Waals surface area (Å²) < 4.78 is 6.25. The predicted octanol–water partition coefficient (Wildman–Crippen LogP) is 7.72. The molecule has 0 unspecified atom stereocenters. The Bertz CT molecular complexity index is 1220. The molecule has 0 bridgehead atoms. The van der Waals surface area contributed by atoms with Gasteiger partial charge in [-0.1, -0.05) is 52.0 Å². The van der Waals surface area contributed by atoms with Gasteiger partial charge in [0, 0.05) is 37.3 Å². The second-order valence-corrected chi connectivity index (χ2v) is 10.8. The summed E-state index contributed by atoms with van der Waals surface area (Å²) in [6.45, 7) is 13.7. The monoisotopic (exact) mass is 384 g/mol. The summed E-state index contributed by atoms with van der Waals surface area (Å²) in [4.78, 5) is 2.83. The lowest BCUT2D eigenvalue weighted by atomic mass is 9.65. The molecule has 2 aliphatic rings. The van der Waals surface area contributed by atoms with E-state index in [-0.39, 0.29) is 10.8 Å². The van der Waals surface area contributed by atoms with Crippen molar-refractivity contribution < 1.29 is 4.42 Å². The average molecular weight is 385 g/mol. The zero-order valence-corrected chi connectivity index (χ0v) is 18.1. The Balaban J connectivity index is 1.86. The molecule has 2 heterocycles. The van der Waals surface area contributed by atoms with Crippen molar-refractivity contribution in [3.63, 3.8) is 0 Å². The van der Waals surface area contributed by atoms with Crippen molar-refractivity contribution in [2.75, 3.05) is 0 Å². The van der Waals surface area contributed by atoms with Crippen molar-refractivity contribution in [2.24, 2.45) is 0 Å². The van der Waals surface area contributed by atoms with Crippen LogP contribution in [0.25, 0.3) is 32.5 Å². The molecule has 0 saturated carbocycles. The van der Waals surface area contributed by atoms with E-state index in [1.54, 1.807) is 0 Å². The lowest BCUT2D eigenvalue weighted by Crippen LogP contribution is -2.26. The maximum absolute atomic E-state index is 6.25. The van der Waals surface area contributed by atoms with Crippen LogP contribution in [0, 0.1) is 13.8 Å². The predicted molar refractivity (Wildman–Crippen MR) is 119 cm³/mol. The summed E-state index contributed by atoms with van der Waals surface area (Å²) in [6, 6.07) is 14.0. The minimum atomic E-state index is -0.0625. The largest absolute Gasteiger partial charge is 0.461 e. The minimum Gasteiger partial charge on any atom is -0.461 e. The third-order valence-electron chi connectivity index (χ3n) is 7.05. The van der Waals surface area contributed by atoms with E-state index < -0.39 is 0 Å². The number of benzene rings is 2. The van der Waals surface area contributed by atoms with Gasteiger partial charge in [-0.25, -0.2) is 0 Å². The van der Waals surface area contributed by atoms with E-state index in [2.05, 4.69) is 77.9 Å². The summed E-state index contributed by atoms with van der Waals surface area (Å²) in [5, 5.41) is 2.83. The fraction of sp³-hybridized carbons (Fsp3) is 0.308. The molecule has 0 atom stereocenters. The third-order valence-corrected chi connectivity index (χ3v) is 8.14. The van der Waals surface area contributed by atoms with Crippen molar-refractivity contribution in [1.82, 2.24) is 0 Å². The normalized spacial score (nSPS) is 17.5. The molecular weight excluding hydrogens is 360 g/mol. The van der Waals surface area contributed by atoms with Crippen LogP contribution in [0.15, 0.2) is 40.8 Å². The van der Waals surface area contributed by atoms with E-state index >= 15 is 0 Å². The van der Waals surface area contributed by atoms with Gasteiger partial charge in [-0.2, -0.15) is 0 Å². The Morgan fingerprint density at radius 3 is 2.04 bits per heavy atom. The van der Waals surface area contributed by atoms with Gasteiger partial charge in [-0.05, 0) is 53.4 Å². The molecular formula is C26H24OS. The van der Waals surface area contributed by atoms with Crippen LogP contribution in [-0.2, 0) is 10.8 Å². The second-order valence-electron chi connectivity index (χ2n) is 9.52. The van der Waals surface area contributed by atoms with E-state index in [0.29, 0.717) is 0 Å². The molecule has 2 aromatic heterocycles. The molecule has 140 valence electrons. The Morgan fingerprint density at radius 2 is 1.32 bits per heavy atom. The smallest absolute Gasteiger partial charge is 0.138 e. The van der Waals surface area contributed by atoms with Gasteiger partial charge in [0.15, 0.2) is 0 Å². The topological polar surface area (TPSA) is 13.1 Å². The highest BCUT2D eigenvalue weighted by atomic mass is 32.1. The fourth-order valence-corrected chi connectivity index (χ4v) is 6.77. The molecule has 6 rings (SSSR count). The van der Waals surface area contributed by atoms with Crippen LogP contribution in [0.4, 0.5) is 0 Å². The molecule has 0 amide bonds. The lowest BCUT2D eigenvalue weighted by molar-refractivity contribution is 0.536. The Kier molecular flexibility index (Phi) is 2.85. The third kappa shape index (κ3) is 1.74. The first kappa shape index (κ1) is 16.6. The number of rotatable bonds is 0. The van der Waals surface area contributed by atoms with E-state index in [9.17, 15) is 0 Å². The first-order valence-electron chi connectivity index (χ1n) is 10.0. The van der Waals surface area contributed by atoms with E-state index in [1.807, 2.05) is 11.3 Å². The van der Waals surface area contributed by atoms with Gasteiger partial charge < -0.3 is 4.42 Å². The van der Waals surface area contributed by atoms with Gasteiger partial charge in [0.05, 0.1) is 0 Å². The van der Waals surface area contributed by atoms with Crippen molar-refractivity contribution in [2.45, 2.75) is 52.4 Å². The molecule has 1 nitrogen and oxygen atoms in total. The van der Waals surface area contributed by atoms with E-state index in [4.69, 9.17) is 4.42 Å². The van der Waals surface area contributed by atoms with Crippen LogP contribution in [0.3, 0.4) is 0 Å². The van der Waals surface area contributed by atoms with Gasteiger partial charge >= 0.3 is 0 Å². The summed E-state index contributed by atoms with van der Waals surface area (Å²) >= 11 is 1.93. The van der Waals surface area contributed by atoms with Crippen molar-refractivity contribution in [1.29, 1.82) is 0 Å². The second kappa shape index (κ2) is 4.80. The standard InChI is InChI=1S/C26H24OS/c1-13-11-19-23(27-13)15-7-9-18-22-16(8-10-17(21(15)22)25(19,3)4)24-20(26(18,5)6)12-14(2)28-24/h7-12H,1-6H3. The molecule has 28 heavy (non-hydrogen) atoms. The van der Waals surface area contributed by atoms with Gasteiger partial charge in [0.25, 0.3) is 0 Å². The first-order chi connectivity index (χ1) is 13.2. The summed E-state index contributed by atoms with van der Waals surface area (Å²) in [5.41, 5.74) is 8.23. The SMILES string of the molecule is Cc1cc2c(o1)-c1ccc3c4c(ccc(c14)C2(C)C)-c1sc(C)cc1C3(C)C. The van der Waals surface area contributed by atoms with E-state index in [0.717, 1.165) is 11.5 Å². The zero-order chi connectivity index (χ0) is 19.6. The van der Waals surface area contributed by atoms with Crippen molar-refractivity contribution in [3.05, 3.63) is 69.3 Å². The Labute approximate surface area is 170 Å². The Morgan fingerprint density at radius 1 is 0.714 bits per heavy atom. The van der Waals surface area contributed by atoms with Gasteiger partial charge in [0.2, 0.25) is 0 Å². The highest BCUT2D eigenvalue weighted by Gasteiger charge is 2.41. The zero-order valence-electron chi connectivity index (χ0n) is 17.3. The van der Waals surface area contributed by atoms with Crippen molar-refractivity contribution >= 4 is 22.1 Å².